The van der Waals surface area contributed by atoms with Gasteiger partial charge in [0.2, 0.25) is 0 Å². The van der Waals surface area contributed by atoms with E-state index in [0.29, 0.717) is 0 Å². The van der Waals surface area contributed by atoms with Crippen molar-refractivity contribution in [3.05, 3.63) is 0 Å². The molecule has 0 aliphatic carbocycles. The van der Waals surface area contributed by atoms with Crippen LogP contribution in [-0.4, -0.2) is 21.7 Å². The summed E-state index contributed by atoms with van der Waals surface area (Å²) in [5.74, 6) is 0. The van der Waals surface area contributed by atoms with Crippen molar-refractivity contribution in [2.24, 2.45) is 5.10 Å². The molecule has 40 valence electrons. The van der Waals surface area contributed by atoms with E-state index in [9.17, 15) is 0 Å². The van der Waals surface area contributed by atoms with Gasteiger partial charge in [-0.1, -0.05) is 10.7 Å². The molecule has 0 N–H and O–H groups in total. The molecule has 1 unspecified atom stereocenters. The molecule has 0 aromatic carbocycles. The number of hydrazone groups is 1. The maximum Gasteiger partial charge on any atom is 0.0563 e. The van der Waals surface area contributed by atoms with Crippen LogP contribution in [0.4, 0.5) is 0 Å². The van der Waals surface area contributed by atoms with Crippen molar-refractivity contribution in [1.29, 1.82) is 0 Å². The summed E-state index contributed by atoms with van der Waals surface area (Å²) in [4.78, 5) is 0. The van der Waals surface area contributed by atoms with Crippen molar-refractivity contribution in [3.63, 3.8) is 0 Å². The first kappa shape index (κ1) is 5.18. The van der Waals surface area contributed by atoms with Gasteiger partial charge in [0.15, 0.2) is 0 Å². The van der Waals surface area contributed by atoms with Crippen molar-refractivity contribution >= 4 is 35.1 Å². The normalized spacial score (nSPS) is 28.3. The first-order valence-electron chi connectivity index (χ1n) is 1.82. The molecular weight excluding hydrogens is 128 g/mol. The molecule has 4 heteroatoms. The van der Waals surface area contributed by atoms with Crippen LogP contribution in [0, 0.1) is 0 Å². The van der Waals surface area contributed by atoms with E-state index in [4.69, 9.17) is 0 Å². The van der Waals surface area contributed by atoms with Gasteiger partial charge >= 0.3 is 0 Å². The van der Waals surface area contributed by atoms with Crippen LogP contribution in [0.15, 0.2) is 5.10 Å². The molecule has 0 saturated heterocycles. The van der Waals surface area contributed by atoms with E-state index in [-0.39, 0.29) is 10.7 Å². The number of hydrogen-bond donors (Lipinski definition) is 1. The molecule has 1 aliphatic rings. The molecule has 0 aromatic heterocycles. The SMILES string of the molecule is CS1=CC=NN1S. The van der Waals surface area contributed by atoms with E-state index in [1.54, 1.807) is 10.0 Å². The summed E-state index contributed by atoms with van der Waals surface area (Å²) in [5.41, 5.74) is 0. The number of thiol groups is 1. The van der Waals surface area contributed by atoms with Gasteiger partial charge in [-0.2, -0.15) is 8.92 Å². The van der Waals surface area contributed by atoms with Crippen molar-refractivity contribution in [2.75, 3.05) is 6.26 Å². The molecule has 0 aromatic rings. The Morgan fingerprint density at radius 3 is 2.71 bits per heavy atom. The average molecular weight is 134 g/mol. The Labute approximate surface area is 50.8 Å². The zero-order valence-corrected chi connectivity index (χ0v) is 5.62. The van der Waals surface area contributed by atoms with Crippen molar-refractivity contribution in [2.45, 2.75) is 0 Å². The minimum absolute atomic E-state index is 0.133. The quantitative estimate of drug-likeness (QED) is 0.382. The van der Waals surface area contributed by atoms with Crippen LogP contribution in [0.3, 0.4) is 0 Å². The summed E-state index contributed by atoms with van der Waals surface area (Å²) < 4.78 is 1.64. The molecule has 0 bridgehead atoms. The molecule has 0 saturated carbocycles. The molecule has 1 aliphatic heterocycles. The Morgan fingerprint density at radius 1 is 1.86 bits per heavy atom. The molecule has 0 spiro atoms. The Morgan fingerprint density at radius 2 is 2.57 bits per heavy atom. The second-order valence-corrected chi connectivity index (χ2v) is 3.49. The molecular formula is C3H6N2S2. The largest absolute Gasteiger partial charge is 0.190 e. The summed E-state index contributed by atoms with van der Waals surface area (Å²) >= 11 is 4.00. The predicted octanol–water partition coefficient (Wildman–Crippen LogP) is 0.748. The first-order valence-corrected chi connectivity index (χ1v) is 3.87. The molecule has 0 radical (unpaired) electrons. The monoisotopic (exact) mass is 134 g/mol. The lowest BCUT2D eigenvalue weighted by molar-refractivity contribution is 0.846. The lowest BCUT2D eigenvalue weighted by Gasteiger charge is -2.04. The van der Waals surface area contributed by atoms with Gasteiger partial charge in [-0.15, -0.1) is 0 Å². The average Bonchev–Trinajstić information content (AvgIpc) is 1.91. The van der Waals surface area contributed by atoms with Crippen LogP contribution < -0.4 is 0 Å². The highest BCUT2D eigenvalue weighted by molar-refractivity contribution is 8.18. The number of rotatable bonds is 0. The fourth-order valence-corrected chi connectivity index (χ4v) is 1.07. The van der Waals surface area contributed by atoms with Crippen LogP contribution in [0.25, 0.3) is 0 Å². The second kappa shape index (κ2) is 1.88. The predicted molar refractivity (Wildman–Crippen MR) is 38.9 cm³/mol. The fraction of sp³-hybridized carbons (Fsp3) is 0.333. The number of nitrogens with zero attached hydrogens (tertiary/aromatic N) is 2. The molecule has 1 heterocycles. The molecule has 0 amide bonds. The van der Waals surface area contributed by atoms with Crippen LogP contribution in [-0.2, 0) is 0 Å². The lowest BCUT2D eigenvalue weighted by Crippen LogP contribution is -1.85. The van der Waals surface area contributed by atoms with Gasteiger partial charge in [-0.3, -0.25) is 0 Å². The summed E-state index contributed by atoms with van der Waals surface area (Å²) in [7, 11) is 0.133. The molecule has 1 rings (SSSR count). The van der Waals surface area contributed by atoms with E-state index in [1.165, 1.54) is 0 Å². The third-order valence-corrected chi connectivity index (χ3v) is 2.68. The zero-order valence-electron chi connectivity index (χ0n) is 3.90. The number of hydrogen-bond acceptors (Lipinski definition) is 3. The fourth-order valence-electron chi connectivity index (χ4n) is 0.301. The van der Waals surface area contributed by atoms with Gasteiger partial charge in [0.1, 0.15) is 0 Å². The second-order valence-electron chi connectivity index (χ2n) is 1.18. The molecule has 0 fully saturated rings. The Bertz CT molecular complexity index is 129. The van der Waals surface area contributed by atoms with Crippen molar-refractivity contribution < 1.29 is 0 Å². The third kappa shape index (κ3) is 0.978. The van der Waals surface area contributed by atoms with Gasteiger partial charge < -0.3 is 0 Å². The Hall–Kier alpha value is 0.0400. The summed E-state index contributed by atoms with van der Waals surface area (Å²) in [6.07, 6.45) is 3.82. The van der Waals surface area contributed by atoms with Crippen LogP contribution in [0.5, 0.6) is 0 Å². The van der Waals surface area contributed by atoms with E-state index < -0.39 is 0 Å². The topological polar surface area (TPSA) is 15.6 Å². The molecule has 7 heavy (non-hydrogen) atoms. The molecule has 2 nitrogen and oxygen atoms in total. The highest BCUT2D eigenvalue weighted by Crippen LogP contribution is 2.19. The van der Waals surface area contributed by atoms with Crippen LogP contribution in [0.1, 0.15) is 0 Å². The standard InChI is InChI=1S/C3H6N2S2/c1-7-3-2-4-5(7)6/h2-3,6H,1H3. The van der Waals surface area contributed by atoms with Gasteiger partial charge in [0.05, 0.1) is 6.21 Å². The summed E-state index contributed by atoms with van der Waals surface area (Å²) in [6.45, 7) is 0. The minimum Gasteiger partial charge on any atom is -0.190 e. The lowest BCUT2D eigenvalue weighted by atomic mass is 10.9. The molecule has 1 atom stereocenters. The van der Waals surface area contributed by atoms with E-state index in [2.05, 4.69) is 24.2 Å². The van der Waals surface area contributed by atoms with Gasteiger partial charge in [0, 0.05) is 5.37 Å². The van der Waals surface area contributed by atoms with Crippen molar-refractivity contribution in [3.8, 4) is 0 Å². The van der Waals surface area contributed by atoms with E-state index in [1.807, 2.05) is 5.37 Å². The van der Waals surface area contributed by atoms with Crippen LogP contribution in [0.2, 0.25) is 0 Å². The Balaban J connectivity index is 2.69. The first-order chi connectivity index (χ1) is 3.30. The smallest absolute Gasteiger partial charge is 0.0563 e. The Kier molecular flexibility index (Phi) is 1.39. The van der Waals surface area contributed by atoms with E-state index >= 15 is 0 Å². The van der Waals surface area contributed by atoms with Crippen molar-refractivity contribution in [1.82, 2.24) is 3.82 Å². The highest BCUT2D eigenvalue weighted by atomic mass is 32.2. The van der Waals surface area contributed by atoms with E-state index in [0.717, 1.165) is 0 Å². The summed E-state index contributed by atoms with van der Waals surface area (Å²) in [6, 6.07) is 0. The van der Waals surface area contributed by atoms with Crippen LogP contribution >= 0.6 is 23.5 Å². The minimum atomic E-state index is 0.133. The zero-order chi connectivity index (χ0) is 5.28. The van der Waals surface area contributed by atoms with Gasteiger partial charge in [-0.25, -0.2) is 0 Å². The van der Waals surface area contributed by atoms with Gasteiger partial charge in [-0.05, 0) is 19.1 Å². The van der Waals surface area contributed by atoms with Gasteiger partial charge in [0.25, 0.3) is 0 Å². The third-order valence-electron chi connectivity index (χ3n) is 0.681. The highest BCUT2D eigenvalue weighted by Gasteiger charge is 1.96. The summed E-state index contributed by atoms with van der Waals surface area (Å²) in [5, 5.41) is 5.85. The maximum atomic E-state index is 4.00. The maximum absolute atomic E-state index is 4.00.